The van der Waals surface area contributed by atoms with Crippen molar-refractivity contribution in [2.75, 3.05) is 33.0 Å². The first-order valence-corrected chi connectivity index (χ1v) is 6.49. The second kappa shape index (κ2) is 7.76. The molecule has 1 unspecified atom stereocenters. The smallest absolute Gasteiger partial charge is 0.307 e. The third-order valence-electron chi connectivity index (χ3n) is 2.77. The molecule has 5 heteroatoms. The minimum Gasteiger partial charge on any atom is -0.490 e. The summed E-state index contributed by atoms with van der Waals surface area (Å²) in [6, 6.07) is 9.52. The first-order chi connectivity index (χ1) is 9.34. The molecule has 1 heterocycles. The minimum absolute atomic E-state index is 0.0660. The molecule has 5 nitrogen and oxygen atoms in total. The summed E-state index contributed by atoms with van der Waals surface area (Å²) in [5.41, 5.74) is 0. The fourth-order valence-electron chi connectivity index (χ4n) is 1.84. The summed E-state index contributed by atoms with van der Waals surface area (Å²) in [5.74, 6) is 0.556. The standard InChI is InChI=1S/C14H19NO4/c16-14(10-12-11-17-7-6-15-12)19-9-8-18-13-4-2-1-3-5-13/h1-5,12,15H,6-11H2. The van der Waals surface area contributed by atoms with Crippen LogP contribution in [0.15, 0.2) is 30.3 Å². The molecule has 2 rings (SSSR count). The van der Waals surface area contributed by atoms with Gasteiger partial charge >= 0.3 is 5.97 Å². The summed E-state index contributed by atoms with van der Waals surface area (Å²) >= 11 is 0. The molecule has 0 radical (unpaired) electrons. The fourth-order valence-corrected chi connectivity index (χ4v) is 1.84. The first-order valence-electron chi connectivity index (χ1n) is 6.49. The van der Waals surface area contributed by atoms with Crippen LogP contribution in [0.2, 0.25) is 0 Å². The predicted octanol–water partition coefficient (Wildman–Crippen LogP) is 0.987. The highest BCUT2D eigenvalue weighted by Gasteiger charge is 2.17. The zero-order valence-electron chi connectivity index (χ0n) is 10.8. The van der Waals surface area contributed by atoms with Gasteiger partial charge in [-0.15, -0.1) is 0 Å². The molecule has 0 saturated carbocycles. The van der Waals surface area contributed by atoms with Gasteiger partial charge in [-0.25, -0.2) is 0 Å². The second-order valence-electron chi connectivity index (χ2n) is 4.31. The van der Waals surface area contributed by atoms with E-state index in [0.29, 0.717) is 26.2 Å². The van der Waals surface area contributed by atoms with Gasteiger partial charge < -0.3 is 19.5 Å². The van der Waals surface area contributed by atoms with E-state index >= 15 is 0 Å². The van der Waals surface area contributed by atoms with Crippen molar-refractivity contribution in [2.45, 2.75) is 12.5 Å². The molecule has 0 aromatic heterocycles. The Morgan fingerprint density at radius 1 is 1.32 bits per heavy atom. The van der Waals surface area contributed by atoms with E-state index in [9.17, 15) is 4.79 Å². The van der Waals surface area contributed by atoms with Crippen molar-refractivity contribution in [1.29, 1.82) is 0 Å². The Morgan fingerprint density at radius 2 is 2.16 bits per heavy atom. The van der Waals surface area contributed by atoms with Crippen LogP contribution in [0, 0.1) is 0 Å². The Balaban J connectivity index is 1.56. The highest BCUT2D eigenvalue weighted by atomic mass is 16.6. The molecule has 1 aromatic carbocycles. The Morgan fingerprint density at radius 3 is 2.89 bits per heavy atom. The predicted molar refractivity (Wildman–Crippen MR) is 70.1 cm³/mol. The van der Waals surface area contributed by atoms with Crippen molar-refractivity contribution in [3.8, 4) is 5.75 Å². The highest BCUT2D eigenvalue weighted by Crippen LogP contribution is 2.07. The SMILES string of the molecule is O=C(CC1COCCN1)OCCOc1ccccc1. The number of carbonyl (C=O) groups excluding carboxylic acids is 1. The lowest BCUT2D eigenvalue weighted by atomic mass is 10.2. The summed E-state index contributed by atoms with van der Waals surface area (Å²) < 4.78 is 15.8. The number of benzene rings is 1. The number of morpholine rings is 1. The van der Waals surface area contributed by atoms with Gasteiger partial charge in [0, 0.05) is 12.6 Å². The molecule has 19 heavy (non-hydrogen) atoms. The second-order valence-corrected chi connectivity index (χ2v) is 4.31. The molecule has 0 bridgehead atoms. The largest absolute Gasteiger partial charge is 0.490 e. The normalized spacial score (nSPS) is 18.8. The van der Waals surface area contributed by atoms with Gasteiger partial charge in [0.2, 0.25) is 0 Å². The Bertz CT molecular complexity index is 376. The summed E-state index contributed by atoms with van der Waals surface area (Å²) in [7, 11) is 0. The van der Waals surface area contributed by atoms with Crippen LogP contribution in [0.5, 0.6) is 5.75 Å². The van der Waals surface area contributed by atoms with Crippen LogP contribution in [0.4, 0.5) is 0 Å². The highest BCUT2D eigenvalue weighted by molar-refractivity contribution is 5.70. The topological polar surface area (TPSA) is 56.8 Å². The molecule has 104 valence electrons. The molecule has 1 saturated heterocycles. The van der Waals surface area contributed by atoms with E-state index in [-0.39, 0.29) is 18.6 Å². The number of hydrogen-bond acceptors (Lipinski definition) is 5. The third kappa shape index (κ3) is 5.28. The molecule has 1 aliphatic rings. The summed E-state index contributed by atoms with van der Waals surface area (Å²) in [6.45, 7) is 2.69. The zero-order chi connectivity index (χ0) is 13.3. The van der Waals surface area contributed by atoms with E-state index in [1.54, 1.807) is 0 Å². The van der Waals surface area contributed by atoms with Crippen molar-refractivity contribution < 1.29 is 19.0 Å². The molecular formula is C14H19NO4. The van der Waals surface area contributed by atoms with Crippen LogP contribution >= 0.6 is 0 Å². The monoisotopic (exact) mass is 265 g/mol. The molecule has 0 amide bonds. The lowest BCUT2D eigenvalue weighted by Crippen LogP contribution is -2.42. The van der Waals surface area contributed by atoms with Gasteiger partial charge in [0.25, 0.3) is 0 Å². The van der Waals surface area contributed by atoms with E-state index in [0.717, 1.165) is 12.3 Å². The van der Waals surface area contributed by atoms with E-state index < -0.39 is 0 Å². The maximum atomic E-state index is 11.5. The van der Waals surface area contributed by atoms with Crippen LogP contribution in [0.25, 0.3) is 0 Å². The number of ether oxygens (including phenoxy) is 3. The molecule has 1 fully saturated rings. The molecule has 1 aromatic rings. The molecule has 0 aliphatic carbocycles. The molecular weight excluding hydrogens is 246 g/mol. The first kappa shape index (κ1) is 13.8. The number of hydrogen-bond donors (Lipinski definition) is 1. The van der Waals surface area contributed by atoms with Crippen LogP contribution in [-0.2, 0) is 14.3 Å². The lowest BCUT2D eigenvalue weighted by Gasteiger charge is -2.22. The molecule has 1 N–H and O–H groups in total. The Hall–Kier alpha value is -1.59. The van der Waals surface area contributed by atoms with Gasteiger partial charge in [-0.3, -0.25) is 4.79 Å². The van der Waals surface area contributed by atoms with Gasteiger partial charge in [-0.2, -0.15) is 0 Å². The summed E-state index contributed by atoms with van der Waals surface area (Å²) in [4.78, 5) is 11.5. The van der Waals surface area contributed by atoms with Gasteiger partial charge in [-0.05, 0) is 12.1 Å². The quantitative estimate of drug-likeness (QED) is 0.614. The number of esters is 1. The molecule has 1 atom stereocenters. The third-order valence-corrected chi connectivity index (χ3v) is 2.77. The summed E-state index contributed by atoms with van der Waals surface area (Å²) in [6.07, 6.45) is 0.339. The van der Waals surface area contributed by atoms with Crippen LogP contribution in [-0.4, -0.2) is 45.0 Å². The fraction of sp³-hybridized carbons (Fsp3) is 0.500. The van der Waals surface area contributed by atoms with Gasteiger partial charge in [0.15, 0.2) is 0 Å². The summed E-state index contributed by atoms with van der Waals surface area (Å²) in [5, 5.41) is 3.21. The number of para-hydroxylation sites is 1. The average Bonchev–Trinajstić information content (AvgIpc) is 2.46. The van der Waals surface area contributed by atoms with Crippen molar-refractivity contribution in [3.63, 3.8) is 0 Å². The van der Waals surface area contributed by atoms with E-state index in [2.05, 4.69) is 5.32 Å². The van der Waals surface area contributed by atoms with Crippen molar-refractivity contribution in [3.05, 3.63) is 30.3 Å². The van der Waals surface area contributed by atoms with Crippen LogP contribution < -0.4 is 10.1 Å². The maximum absolute atomic E-state index is 11.5. The average molecular weight is 265 g/mol. The minimum atomic E-state index is -0.223. The Kier molecular flexibility index (Phi) is 5.65. The molecule has 1 aliphatic heterocycles. The van der Waals surface area contributed by atoms with Gasteiger partial charge in [0.1, 0.15) is 19.0 Å². The van der Waals surface area contributed by atoms with Gasteiger partial charge in [0.05, 0.1) is 19.6 Å². The van der Waals surface area contributed by atoms with Crippen LogP contribution in [0.3, 0.4) is 0 Å². The maximum Gasteiger partial charge on any atom is 0.307 e. The van der Waals surface area contributed by atoms with Crippen molar-refractivity contribution in [1.82, 2.24) is 5.32 Å². The van der Waals surface area contributed by atoms with Gasteiger partial charge in [-0.1, -0.05) is 18.2 Å². The van der Waals surface area contributed by atoms with E-state index in [4.69, 9.17) is 14.2 Å². The Labute approximate surface area is 112 Å². The number of rotatable bonds is 6. The van der Waals surface area contributed by atoms with E-state index in [1.807, 2.05) is 30.3 Å². The molecule has 0 spiro atoms. The zero-order valence-corrected chi connectivity index (χ0v) is 10.8. The number of carbonyl (C=O) groups is 1. The number of nitrogens with one attached hydrogen (secondary N) is 1. The van der Waals surface area contributed by atoms with E-state index in [1.165, 1.54) is 0 Å². The van der Waals surface area contributed by atoms with Crippen LogP contribution in [0.1, 0.15) is 6.42 Å². The van der Waals surface area contributed by atoms with Crippen molar-refractivity contribution >= 4 is 5.97 Å². The van der Waals surface area contributed by atoms with Crippen molar-refractivity contribution in [2.24, 2.45) is 0 Å². The lowest BCUT2D eigenvalue weighted by molar-refractivity contribution is -0.145.